The Morgan fingerprint density at radius 3 is 2.94 bits per heavy atom. The summed E-state index contributed by atoms with van der Waals surface area (Å²) in [7, 11) is -4.05. The molecule has 31 heavy (non-hydrogen) atoms. The minimum absolute atomic E-state index is 0.0116. The van der Waals surface area contributed by atoms with Gasteiger partial charge < -0.3 is 20.1 Å². The highest BCUT2D eigenvalue weighted by Crippen LogP contribution is 2.56. The highest BCUT2D eigenvalue weighted by atomic mass is 31.2. The zero-order valence-electron chi connectivity index (χ0n) is 16.9. The van der Waals surface area contributed by atoms with E-state index in [-0.39, 0.29) is 18.8 Å². The Bertz CT molecular complexity index is 1100. The van der Waals surface area contributed by atoms with Gasteiger partial charge in [0.25, 0.3) is 0 Å². The van der Waals surface area contributed by atoms with Gasteiger partial charge in [0.2, 0.25) is 0 Å². The number of hydrogen-bond acceptors (Lipinski definition) is 9. The SMILES string of the molecule is CCC1(COP2(=O)OCc3cccc(C)c3O2)OC(n2ccc(N)nc2=O)C(F)C1O. The molecule has 2 aliphatic rings. The molecule has 0 saturated carbocycles. The van der Waals surface area contributed by atoms with E-state index in [1.807, 2.05) is 6.07 Å². The van der Waals surface area contributed by atoms with Crippen molar-refractivity contribution in [3.8, 4) is 5.75 Å². The number of ether oxygens (including phenoxy) is 1. The Hall–Kier alpha value is -2.30. The maximum Gasteiger partial charge on any atom is 0.530 e. The van der Waals surface area contributed by atoms with Crippen molar-refractivity contribution in [2.45, 2.75) is 51.0 Å². The van der Waals surface area contributed by atoms with Crippen LogP contribution in [0.5, 0.6) is 5.75 Å². The third-order valence-corrected chi connectivity index (χ3v) is 6.83. The molecule has 3 N–H and O–H groups in total. The minimum Gasteiger partial charge on any atom is -0.403 e. The molecule has 0 spiro atoms. The number of halogens is 1. The summed E-state index contributed by atoms with van der Waals surface area (Å²) >= 11 is 0. The summed E-state index contributed by atoms with van der Waals surface area (Å²) in [6.45, 7) is 2.96. The summed E-state index contributed by atoms with van der Waals surface area (Å²) < 4.78 is 50.9. The van der Waals surface area contributed by atoms with Crippen molar-refractivity contribution in [1.82, 2.24) is 9.55 Å². The van der Waals surface area contributed by atoms with Crippen LogP contribution in [0.15, 0.2) is 35.3 Å². The predicted molar refractivity (Wildman–Crippen MR) is 107 cm³/mol. The van der Waals surface area contributed by atoms with Crippen molar-refractivity contribution >= 4 is 13.6 Å². The largest absolute Gasteiger partial charge is 0.530 e. The molecule has 5 atom stereocenters. The van der Waals surface area contributed by atoms with E-state index < -0.39 is 44.2 Å². The van der Waals surface area contributed by atoms with Crippen molar-refractivity contribution in [2.75, 3.05) is 12.3 Å². The lowest BCUT2D eigenvalue weighted by Crippen LogP contribution is -2.45. The summed E-state index contributed by atoms with van der Waals surface area (Å²) in [4.78, 5) is 15.7. The molecule has 2 aliphatic heterocycles. The fourth-order valence-electron chi connectivity index (χ4n) is 3.66. The summed E-state index contributed by atoms with van der Waals surface area (Å²) in [6.07, 6.45) is -3.77. The summed E-state index contributed by atoms with van der Waals surface area (Å²) in [5.74, 6) is 0.372. The van der Waals surface area contributed by atoms with Crippen LogP contribution in [0, 0.1) is 6.92 Å². The third kappa shape index (κ3) is 3.88. The Kier molecular flexibility index (Phi) is 5.65. The smallest absolute Gasteiger partial charge is 0.403 e. The van der Waals surface area contributed by atoms with Crippen LogP contribution in [0.1, 0.15) is 30.7 Å². The molecular formula is C19H23FN3O7P. The second-order valence-electron chi connectivity index (χ2n) is 7.51. The van der Waals surface area contributed by atoms with Gasteiger partial charge >= 0.3 is 13.5 Å². The Labute approximate surface area is 177 Å². The maximum atomic E-state index is 15.0. The van der Waals surface area contributed by atoms with Gasteiger partial charge in [-0.2, -0.15) is 4.98 Å². The van der Waals surface area contributed by atoms with Gasteiger partial charge in [-0.15, -0.1) is 0 Å². The number of aromatic nitrogens is 2. The van der Waals surface area contributed by atoms with Crippen molar-refractivity contribution in [3.05, 3.63) is 52.1 Å². The number of nitrogens with two attached hydrogens (primary N) is 1. The first-order valence-electron chi connectivity index (χ1n) is 9.70. The number of aryl methyl sites for hydroxylation is 1. The van der Waals surface area contributed by atoms with E-state index >= 15 is 0 Å². The van der Waals surface area contributed by atoms with Crippen LogP contribution in [-0.4, -0.2) is 39.1 Å². The summed E-state index contributed by atoms with van der Waals surface area (Å²) in [5, 5.41) is 10.6. The lowest BCUT2D eigenvalue weighted by Gasteiger charge is -2.33. The van der Waals surface area contributed by atoms with Crippen LogP contribution in [0.2, 0.25) is 0 Å². The van der Waals surface area contributed by atoms with E-state index in [9.17, 15) is 18.9 Å². The van der Waals surface area contributed by atoms with Gasteiger partial charge in [-0.1, -0.05) is 25.1 Å². The van der Waals surface area contributed by atoms with Gasteiger partial charge in [-0.3, -0.25) is 13.6 Å². The standard InChI is InChI=1S/C19H23FN3O7P/c1-3-19(10-28-31(26)27-9-12-6-4-5-11(2)15(12)30-31)16(24)14(20)17(29-19)23-8-7-13(21)22-18(23)25/h4-8,14,16-17,24H,3,9-10H2,1-2H3,(H2,21,22,25). The molecular weight excluding hydrogens is 432 g/mol. The van der Waals surface area contributed by atoms with E-state index in [0.717, 1.165) is 15.7 Å². The molecule has 1 aromatic carbocycles. The highest BCUT2D eigenvalue weighted by molar-refractivity contribution is 7.49. The number of alkyl halides is 1. The molecule has 2 aromatic rings. The monoisotopic (exact) mass is 455 g/mol. The normalized spacial score (nSPS) is 32.5. The third-order valence-electron chi connectivity index (χ3n) is 5.53. The second-order valence-corrected chi connectivity index (χ2v) is 9.10. The molecule has 0 aliphatic carbocycles. The highest BCUT2D eigenvalue weighted by Gasteiger charge is 2.56. The van der Waals surface area contributed by atoms with Crippen LogP contribution in [-0.2, 0) is 25.0 Å². The fraction of sp³-hybridized carbons (Fsp3) is 0.474. The second kappa shape index (κ2) is 7.99. The number of rotatable bonds is 5. The number of aliphatic hydroxyl groups is 1. The number of phosphoric ester groups is 1. The Balaban J connectivity index is 1.55. The molecule has 0 radical (unpaired) electrons. The number of hydrogen-bond donors (Lipinski definition) is 2. The van der Waals surface area contributed by atoms with Crippen LogP contribution < -0.4 is 15.9 Å². The molecule has 168 valence electrons. The number of para-hydroxylation sites is 1. The number of anilines is 1. The summed E-state index contributed by atoms with van der Waals surface area (Å²) in [6, 6.07) is 6.71. The average Bonchev–Trinajstić information content (AvgIpc) is 2.99. The van der Waals surface area contributed by atoms with E-state index in [2.05, 4.69) is 4.98 Å². The molecule has 10 nitrogen and oxygen atoms in total. The van der Waals surface area contributed by atoms with Crippen LogP contribution in [0.4, 0.5) is 10.2 Å². The molecule has 0 bridgehead atoms. The number of benzene rings is 1. The minimum atomic E-state index is -4.05. The van der Waals surface area contributed by atoms with Crippen LogP contribution in [0.3, 0.4) is 0 Å². The first-order valence-corrected chi connectivity index (χ1v) is 11.2. The lowest BCUT2D eigenvalue weighted by molar-refractivity contribution is -0.129. The van der Waals surface area contributed by atoms with Gasteiger partial charge in [-0.25, -0.2) is 13.8 Å². The molecule has 5 unspecified atom stereocenters. The molecule has 1 aromatic heterocycles. The predicted octanol–water partition coefficient (Wildman–Crippen LogP) is 2.24. The first-order chi connectivity index (χ1) is 14.7. The molecule has 0 amide bonds. The van der Waals surface area contributed by atoms with Crippen molar-refractivity contribution in [2.24, 2.45) is 0 Å². The topological polar surface area (TPSA) is 135 Å². The van der Waals surface area contributed by atoms with Gasteiger partial charge in [-0.05, 0) is 25.0 Å². The zero-order chi connectivity index (χ0) is 22.4. The zero-order valence-corrected chi connectivity index (χ0v) is 17.8. The van der Waals surface area contributed by atoms with Crippen molar-refractivity contribution in [1.29, 1.82) is 0 Å². The number of phosphoric acid groups is 1. The lowest BCUT2D eigenvalue weighted by atomic mass is 9.94. The van der Waals surface area contributed by atoms with Crippen molar-refractivity contribution in [3.63, 3.8) is 0 Å². The van der Waals surface area contributed by atoms with E-state index in [0.29, 0.717) is 5.75 Å². The van der Waals surface area contributed by atoms with E-state index in [1.165, 1.54) is 12.3 Å². The number of nitrogen functional groups attached to an aromatic ring is 1. The number of nitrogens with zero attached hydrogens (tertiary/aromatic N) is 2. The number of fused-ring (bicyclic) bond motifs is 1. The van der Waals surface area contributed by atoms with Crippen molar-refractivity contribution < 1.29 is 32.4 Å². The first kappa shape index (κ1) is 21.9. The van der Waals surface area contributed by atoms with Gasteiger partial charge in [0.1, 0.15) is 23.3 Å². The van der Waals surface area contributed by atoms with Gasteiger partial charge in [0.05, 0.1) is 13.2 Å². The molecule has 1 saturated heterocycles. The van der Waals surface area contributed by atoms with Crippen LogP contribution in [0.25, 0.3) is 0 Å². The van der Waals surface area contributed by atoms with Crippen LogP contribution >= 0.6 is 7.82 Å². The number of aliphatic hydroxyl groups excluding tert-OH is 1. The Morgan fingerprint density at radius 1 is 1.45 bits per heavy atom. The van der Waals surface area contributed by atoms with Gasteiger partial charge in [0, 0.05) is 11.8 Å². The van der Waals surface area contributed by atoms with Gasteiger partial charge in [0.15, 0.2) is 12.4 Å². The molecule has 3 heterocycles. The average molecular weight is 455 g/mol. The maximum absolute atomic E-state index is 15.0. The quantitative estimate of drug-likeness (QED) is 0.651. The van der Waals surface area contributed by atoms with E-state index in [1.54, 1.807) is 26.0 Å². The molecule has 12 heteroatoms. The van der Waals surface area contributed by atoms with E-state index in [4.69, 9.17) is 24.0 Å². The fourth-order valence-corrected chi connectivity index (χ4v) is 5.00. The summed E-state index contributed by atoms with van der Waals surface area (Å²) in [5.41, 5.74) is 4.52. The Morgan fingerprint density at radius 2 is 2.23 bits per heavy atom. The molecule has 4 rings (SSSR count). The molecule has 1 fully saturated rings.